The number of anilines is 2. The molecule has 3 aliphatic rings. The van der Waals surface area contributed by atoms with Crippen LogP contribution in [0.4, 0.5) is 15.6 Å². The van der Waals surface area contributed by atoms with Crippen LogP contribution in [-0.2, 0) is 17.7 Å². The van der Waals surface area contributed by atoms with E-state index in [0.717, 1.165) is 63.0 Å². The molecule has 2 aromatic heterocycles. The topological polar surface area (TPSA) is 133 Å². The summed E-state index contributed by atoms with van der Waals surface area (Å²) in [4.78, 5) is 48.3. The number of morpholine rings is 1. The zero-order chi connectivity index (χ0) is 35.7. The van der Waals surface area contributed by atoms with Crippen molar-refractivity contribution in [2.24, 2.45) is 5.41 Å². The Morgan fingerprint density at radius 2 is 1.82 bits per heavy atom. The fourth-order valence-electron chi connectivity index (χ4n) is 7.27. The largest absolute Gasteiger partial charge is 0.497 e. The molecule has 0 radical (unpaired) electrons. The number of carboxylic acid groups (broad SMARTS) is 1. The summed E-state index contributed by atoms with van der Waals surface area (Å²) in [6, 6.07) is 19.2. The normalized spacial score (nSPS) is 18.3. The van der Waals surface area contributed by atoms with Gasteiger partial charge in [0, 0.05) is 55.8 Å². The molecule has 2 amide bonds. The Morgan fingerprint density at radius 3 is 2.57 bits per heavy atom. The van der Waals surface area contributed by atoms with Crippen molar-refractivity contribution in [3.05, 3.63) is 82.2 Å². The van der Waals surface area contributed by atoms with Gasteiger partial charge < -0.3 is 35.0 Å². The summed E-state index contributed by atoms with van der Waals surface area (Å²) < 4.78 is 11.0. The third-order valence-corrected chi connectivity index (χ3v) is 11.1. The number of carbonyl (C=O) groups excluding carboxylic acids is 2. The molecule has 2 fully saturated rings. The molecule has 0 spiro atoms. The third-order valence-electron chi connectivity index (χ3n) is 9.79. The minimum absolute atomic E-state index is 0.150. The summed E-state index contributed by atoms with van der Waals surface area (Å²) >= 11 is 1.59. The number of thiophene rings is 1. The molecule has 51 heavy (non-hydrogen) atoms. The summed E-state index contributed by atoms with van der Waals surface area (Å²) in [5, 5.41) is 16.3. The van der Waals surface area contributed by atoms with Crippen LogP contribution in [0, 0.1) is 5.41 Å². The first-order valence-electron chi connectivity index (χ1n) is 17.4. The number of likely N-dealkylation sites (tertiary alicyclic amines) is 1. The number of hydrogen-bond acceptors (Lipinski definition) is 9. The van der Waals surface area contributed by atoms with Gasteiger partial charge in [0.15, 0.2) is 5.78 Å². The minimum atomic E-state index is -1.09. The number of methoxy groups -OCH3 is 1. The van der Waals surface area contributed by atoms with Crippen molar-refractivity contribution in [2.75, 3.05) is 56.7 Å². The number of pyridine rings is 1. The number of hydrogen-bond donors (Lipinski definition) is 3. The number of nitrogens with one attached hydrogen (secondary N) is 2. The number of benzene rings is 2. The van der Waals surface area contributed by atoms with Crippen molar-refractivity contribution in [1.29, 1.82) is 0 Å². The summed E-state index contributed by atoms with van der Waals surface area (Å²) in [5.74, 6) is 1.50. The fourth-order valence-corrected chi connectivity index (χ4v) is 8.60. The number of nitrogens with zero attached hydrogens (tertiary/aromatic N) is 3. The molecule has 1 aliphatic carbocycles. The summed E-state index contributed by atoms with van der Waals surface area (Å²) in [6.45, 7) is 8.39. The van der Waals surface area contributed by atoms with Crippen LogP contribution in [0.1, 0.15) is 57.8 Å². The molecule has 0 unspecified atom stereocenters. The molecule has 2 saturated heterocycles. The molecule has 2 aliphatic heterocycles. The molecule has 12 heteroatoms. The van der Waals surface area contributed by atoms with E-state index >= 15 is 0 Å². The molecule has 1 atom stereocenters. The van der Waals surface area contributed by atoms with Gasteiger partial charge in [0.2, 0.25) is 0 Å². The zero-order valence-electron chi connectivity index (χ0n) is 29.2. The van der Waals surface area contributed by atoms with Crippen molar-refractivity contribution >= 4 is 39.9 Å². The number of aromatic nitrogens is 1. The Labute approximate surface area is 301 Å². The monoisotopic (exact) mass is 709 g/mol. The number of ether oxygens (including phenoxy) is 2. The molecule has 3 N–H and O–H groups in total. The summed E-state index contributed by atoms with van der Waals surface area (Å²) in [5.41, 5.74) is 5.99. The second-order valence-corrected chi connectivity index (χ2v) is 15.2. The first kappa shape index (κ1) is 34.5. The predicted octanol–water partition coefficient (Wildman–Crippen LogP) is 6.57. The van der Waals surface area contributed by atoms with Crippen LogP contribution in [0.2, 0.25) is 0 Å². The third kappa shape index (κ3) is 7.57. The average molecular weight is 710 g/mol. The molecule has 11 nitrogen and oxygen atoms in total. The predicted molar refractivity (Wildman–Crippen MR) is 198 cm³/mol. The smallest absolute Gasteiger partial charge is 0.404 e. The average Bonchev–Trinajstić information content (AvgIpc) is 3.75. The van der Waals surface area contributed by atoms with Crippen LogP contribution in [0.15, 0.2) is 60.7 Å². The number of fused-ring (bicyclic) bond motifs is 1. The Hall–Kier alpha value is -4.94. The molecular weight excluding hydrogens is 667 g/mol. The van der Waals surface area contributed by atoms with E-state index in [1.807, 2.05) is 42.5 Å². The second kappa shape index (κ2) is 14.4. The van der Waals surface area contributed by atoms with Crippen LogP contribution >= 0.6 is 11.3 Å². The van der Waals surface area contributed by atoms with Gasteiger partial charge in [0.25, 0.3) is 5.91 Å². The van der Waals surface area contributed by atoms with E-state index in [1.165, 1.54) is 0 Å². The maximum atomic E-state index is 13.6. The van der Waals surface area contributed by atoms with Crippen molar-refractivity contribution in [3.8, 4) is 28.1 Å². The van der Waals surface area contributed by atoms with Crippen LogP contribution in [0.5, 0.6) is 5.75 Å². The maximum absolute atomic E-state index is 13.6. The maximum Gasteiger partial charge on any atom is 0.404 e. The molecule has 7 rings (SSSR count). The van der Waals surface area contributed by atoms with Gasteiger partial charge in [0.05, 0.1) is 41.9 Å². The first-order valence-corrected chi connectivity index (χ1v) is 18.2. The van der Waals surface area contributed by atoms with Gasteiger partial charge in [-0.25, -0.2) is 9.78 Å². The lowest BCUT2D eigenvalue weighted by molar-refractivity contribution is 0.0788. The van der Waals surface area contributed by atoms with Gasteiger partial charge in [-0.05, 0) is 71.3 Å². The standard InChI is InChI=1S/C39H43N5O6S/c1-39(2)20-30-34(37(43-13-15-50-16-14-43)51-35(30)32(45)21-39)27-18-31(42-33(19-27)40-22-24-7-9-29(49-3)10-8-24)25-5-4-6-26(17-25)36(46)44-12-11-28(23-44)41-38(47)48/h4-10,17-19,28,41H,11-16,20-23H2,1-3H3,(H,40,42)(H,47,48)/t28-/m1/s1. The van der Waals surface area contributed by atoms with Crippen molar-refractivity contribution in [2.45, 2.75) is 45.7 Å². The molecule has 266 valence electrons. The molecule has 4 aromatic rings. The van der Waals surface area contributed by atoms with Crippen molar-refractivity contribution in [1.82, 2.24) is 15.2 Å². The number of Topliss-reactive ketones (excluding diaryl/α,β-unsaturated/α-hetero) is 1. The number of carbonyl (C=O) groups is 3. The van der Waals surface area contributed by atoms with Crippen LogP contribution < -0.4 is 20.3 Å². The van der Waals surface area contributed by atoms with E-state index in [9.17, 15) is 14.4 Å². The Kier molecular flexibility index (Phi) is 9.71. The van der Waals surface area contributed by atoms with Gasteiger partial charge in [-0.2, -0.15) is 0 Å². The van der Waals surface area contributed by atoms with E-state index < -0.39 is 6.09 Å². The van der Waals surface area contributed by atoms with Crippen LogP contribution in [-0.4, -0.2) is 85.3 Å². The quantitative estimate of drug-likeness (QED) is 0.177. The fraction of sp³-hybridized carbons (Fsp3) is 0.385. The number of rotatable bonds is 9. The number of amides is 2. The van der Waals surface area contributed by atoms with E-state index in [-0.39, 0.29) is 23.1 Å². The van der Waals surface area contributed by atoms with E-state index in [0.29, 0.717) is 62.8 Å². The lowest BCUT2D eigenvalue weighted by Crippen LogP contribution is -2.37. The SMILES string of the molecule is COc1ccc(CNc2cc(-c3c(N4CCOCC4)sc4c3CC(C)(C)CC4=O)cc(-c3cccc(C(=O)N4CC[C@@H](NC(=O)O)C4)c3)n2)cc1. The lowest BCUT2D eigenvalue weighted by atomic mass is 9.75. The second-order valence-electron chi connectivity index (χ2n) is 14.2. The highest BCUT2D eigenvalue weighted by Crippen LogP contribution is 2.50. The molecule has 0 bridgehead atoms. The zero-order valence-corrected chi connectivity index (χ0v) is 30.0. The van der Waals surface area contributed by atoms with Gasteiger partial charge >= 0.3 is 6.09 Å². The molecule has 0 saturated carbocycles. The molecular formula is C39H43N5O6S. The van der Waals surface area contributed by atoms with Gasteiger partial charge in [0.1, 0.15) is 11.6 Å². The van der Waals surface area contributed by atoms with Gasteiger partial charge in [-0.1, -0.05) is 38.1 Å². The summed E-state index contributed by atoms with van der Waals surface area (Å²) in [6.07, 6.45) is 0.785. The highest BCUT2D eigenvalue weighted by molar-refractivity contribution is 7.19. The Bertz CT molecular complexity index is 1950. The Balaban J connectivity index is 1.30. The van der Waals surface area contributed by atoms with Crippen LogP contribution in [0.25, 0.3) is 22.4 Å². The van der Waals surface area contributed by atoms with Gasteiger partial charge in [-0.3, -0.25) is 9.59 Å². The van der Waals surface area contributed by atoms with Crippen molar-refractivity contribution < 1.29 is 29.0 Å². The summed E-state index contributed by atoms with van der Waals surface area (Å²) in [7, 11) is 1.65. The first-order chi connectivity index (χ1) is 24.6. The van der Waals surface area contributed by atoms with Crippen LogP contribution in [0.3, 0.4) is 0 Å². The number of ketones is 1. The van der Waals surface area contributed by atoms with E-state index in [4.69, 9.17) is 19.6 Å². The van der Waals surface area contributed by atoms with E-state index in [2.05, 4.69) is 41.5 Å². The van der Waals surface area contributed by atoms with E-state index in [1.54, 1.807) is 29.4 Å². The molecule has 2 aromatic carbocycles. The van der Waals surface area contributed by atoms with Gasteiger partial charge in [-0.15, -0.1) is 11.3 Å². The highest BCUT2D eigenvalue weighted by atomic mass is 32.1. The highest BCUT2D eigenvalue weighted by Gasteiger charge is 2.37. The van der Waals surface area contributed by atoms with Crippen molar-refractivity contribution in [3.63, 3.8) is 0 Å². The lowest BCUT2D eigenvalue weighted by Gasteiger charge is -2.30. The Morgan fingerprint density at radius 1 is 1.04 bits per heavy atom. The minimum Gasteiger partial charge on any atom is -0.497 e. The molecule has 4 heterocycles.